The molecule has 1 aromatic carbocycles. The molecule has 0 aliphatic rings. The van der Waals surface area contributed by atoms with Gasteiger partial charge in [0.15, 0.2) is 11.5 Å². The summed E-state index contributed by atoms with van der Waals surface area (Å²) in [6, 6.07) is 3.10. The van der Waals surface area contributed by atoms with Crippen molar-refractivity contribution in [3.8, 4) is 11.5 Å². The van der Waals surface area contributed by atoms with Gasteiger partial charge >= 0.3 is 13.0 Å². The molecule has 0 aliphatic heterocycles. The largest absolute Gasteiger partial charge is 0.573 e. The van der Waals surface area contributed by atoms with Gasteiger partial charge in [-0.25, -0.2) is 0 Å². The minimum Gasteiger partial charge on any atom is -0.431 e. The second kappa shape index (κ2) is 5.17. The Morgan fingerprint density at radius 1 is 1.18 bits per heavy atom. The fourth-order valence-corrected chi connectivity index (χ4v) is 1.08. The Bertz CT molecular complexity index is 380. The maximum atomic E-state index is 12.0. The van der Waals surface area contributed by atoms with Gasteiger partial charge in [-0.05, 0) is 17.7 Å². The first kappa shape index (κ1) is 13.5. The normalized spacial score (nSPS) is 11.7. The molecule has 0 atom stereocenters. The van der Waals surface area contributed by atoms with E-state index in [2.05, 4.69) is 9.47 Å². The van der Waals surface area contributed by atoms with Gasteiger partial charge < -0.3 is 15.2 Å². The van der Waals surface area contributed by atoms with Gasteiger partial charge in [0.1, 0.15) is 0 Å². The number of rotatable bonds is 4. The minimum absolute atomic E-state index is 0.0524. The predicted octanol–water partition coefficient (Wildman–Crippen LogP) is 2.65. The second-order valence-electron chi connectivity index (χ2n) is 2.91. The van der Waals surface area contributed by atoms with Gasteiger partial charge in [-0.15, -0.1) is 13.2 Å². The molecule has 17 heavy (non-hydrogen) atoms. The van der Waals surface area contributed by atoms with Crippen LogP contribution < -0.4 is 15.2 Å². The van der Waals surface area contributed by atoms with E-state index in [1.807, 2.05) is 0 Å². The SMILES string of the molecule is NCc1ccc(OC(F)F)c(OC(F)(F)F)c1. The Kier molecular flexibility index (Phi) is 4.11. The Labute approximate surface area is 92.9 Å². The number of hydrogen-bond acceptors (Lipinski definition) is 3. The molecule has 96 valence electrons. The lowest BCUT2D eigenvalue weighted by molar-refractivity contribution is -0.275. The maximum absolute atomic E-state index is 12.0. The number of alkyl halides is 5. The fraction of sp³-hybridized carbons (Fsp3) is 0.333. The Balaban J connectivity index is 3.03. The molecule has 8 heteroatoms. The highest BCUT2D eigenvalue weighted by molar-refractivity contribution is 5.43. The van der Waals surface area contributed by atoms with Crippen molar-refractivity contribution >= 4 is 0 Å². The van der Waals surface area contributed by atoms with Crippen molar-refractivity contribution < 1.29 is 31.4 Å². The van der Waals surface area contributed by atoms with Gasteiger partial charge in [0, 0.05) is 6.54 Å². The first-order chi connectivity index (χ1) is 7.81. The lowest BCUT2D eigenvalue weighted by Crippen LogP contribution is -2.18. The van der Waals surface area contributed by atoms with E-state index < -0.39 is 24.5 Å². The molecule has 2 N–H and O–H groups in total. The van der Waals surface area contributed by atoms with Crippen molar-refractivity contribution in [3.63, 3.8) is 0 Å². The molecule has 0 bridgehead atoms. The van der Waals surface area contributed by atoms with Crippen LogP contribution in [0, 0.1) is 0 Å². The van der Waals surface area contributed by atoms with Gasteiger partial charge in [0.05, 0.1) is 0 Å². The van der Waals surface area contributed by atoms with Gasteiger partial charge in [0.2, 0.25) is 0 Å². The monoisotopic (exact) mass is 257 g/mol. The number of nitrogens with two attached hydrogens (primary N) is 1. The molecule has 0 aromatic heterocycles. The molecule has 0 radical (unpaired) electrons. The smallest absolute Gasteiger partial charge is 0.431 e. The Morgan fingerprint density at radius 2 is 1.82 bits per heavy atom. The molecular formula is C9H8F5NO2. The van der Waals surface area contributed by atoms with Crippen LogP contribution in [0.4, 0.5) is 22.0 Å². The summed E-state index contributed by atoms with van der Waals surface area (Å²) in [7, 11) is 0. The Hall–Kier alpha value is -1.57. The third-order valence-corrected chi connectivity index (χ3v) is 1.69. The Morgan fingerprint density at radius 3 is 2.29 bits per heavy atom. The van der Waals surface area contributed by atoms with E-state index in [9.17, 15) is 22.0 Å². The summed E-state index contributed by atoms with van der Waals surface area (Å²) in [6.07, 6.45) is -4.99. The number of ether oxygens (including phenoxy) is 2. The zero-order valence-electron chi connectivity index (χ0n) is 8.30. The molecule has 0 saturated carbocycles. The molecule has 1 rings (SSSR count). The van der Waals surface area contributed by atoms with Crippen molar-refractivity contribution in [2.75, 3.05) is 0 Å². The van der Waals surface area contributed by atoms with Crippen LogP contribution >= 0.6 is 0 Å². The summed E-state index contributed by atoms with van der Waals surface area (Å²) in [5.41, 5.74) is 5.51. The summed E-state index contributed by atoms with van der Waals surface area (Å²) >= 11 is 0. The van der Waals surface area contributed by atoms with Crippen molar-refractivity contribution in [1.29, 1.82) is 0 Å². The highest BCUT2D eigenvalue weighted by Crippen LogP contribution is 2.33. The molecule has 0 unspecified atom stereocenters. The average Bonchev–Trinajstić information content (AvgIpc) is 2.17. The molecule has 0 fully saturated rings. The first-order valence-corrected chi connectivity index (χ1v) is 4.35. The van der Waals surface area contributed by atoms with Crippen LogP contribution in [-0.2, 0) is 6.54 Å². The standard InChI is InChI=1S/C9H8F5NO2/c10-8(11)16-6-2-1-5(4-15)3-7(6)17-9(12,13)14/h1-3,8H,4,15H2. The molecule has 0 amide bonds. The lowest BCUT2D eigenvalue weighted by atomic mass is 10.2. The van der Waals surface area contributed by atoms with Crippen molar-refractivity contribution in [2.24, 2.45) is 5.73 Å². The zero-order chi connectivity index (χ0) is 13.1. The molecule has 0 saturated heterocycles. The van der Waals surface area contributed by atoms with E-state index >= 15 is 0 Å². The molecule has 0 spiro atoms. The van der Waals surface area contributed by atoms with Crippen LogP contribution in [0.1, 0.15) is 5.56 Å². The van der Waals surface area contributed by atoms with Crippen molar-refractivity contribution in [2.45, 2.75) is 19.5 Å². The highest BCUT2D eigenvalue weighted by atomic mass is 19.4. The molecule has 0 aliphatic carbocycles. The van der Waals surface area contributed by atoms with E-state index in [4.69, 9.17) is 5.73 Å². The van der Waals surface area contributed by atoms with E-state index in [-0.39, 0.29) is 6.54 Å². The van der Waals surface area contributed by atoms with Gasteiger partial charge in [-0.3, -0.25) is 0 Å². The minimum atomic E-state index is -4.99. The van der Waals surface area contributed by atoms with E-state index in [1.165, 1.54) is 6.07 Å². The average molecular weight is 257 g/mol. The van der Waals surface area contributed by atoms with Crippen LogP contribution in [0.25, 0.3) is 0 Å². The van der Waals surface area contributed by atoms with Crippen LogP contribution in [-0.4, -0.2) is 13.0 Å². The first-order valence-electron chi connectivity index (χ1n) is 4.35. The summed E-state index contributed by atoms with van der Waals surface area (Å²) < 4.78 is 67.3. The topological polar surface area (TPSA) is 44.5 Å². The predicted molar refractivity (Wildman–Crippen MR) is 47.6 cm³/mol. The fourth-order valence-electron chi connectivity index (χ4n) is 1.08. The van der Waals surface area contributed by atoms with E-state index in [0.717, 1.165) is 12.1 Å². The van der Waals surface area contributed by atoms with Gasteiger partial charge in [-0.2, -0.15) is 8.78 Å². The lowest BCUT2D eigenvalue weighted by Gasteiger charge is -2.14. The third-order valence-electron chi connectivity index (χ3n) is 1.69. The zero-order valence-corrected chi connectivity index (χ0v) is 8.30. The van der Waals surface area contributed by atoms with Gasteiger partial charge in [0.25, 0.3) is 0 Å². The summed E-state index contributed by atoms with van der Waals surface area (Å²) in [6.45, 7) is -3.29. The second-order valence-corrected chi connectivity index (χ2v) is 2.91. The summed E-state index contributed by atoms with van der Waals surface area (Å²) in [4.78, 5) is 0. The van der Waals surface area contributed by atoms with Gasteiger partial charge in [-0.1, -0.05) is 6.07 Å². The quantitative estimate of drug-likeness (QED) is 0.843. The molecule has 3 nitrogen and oxygen atoms in total. The molecular weight excluding hydrogens is 249 g/mol. The van der Waals surface area contributed by atoms with E-state index in [0.29, 0.717) is 5.56 Å². The van der Waals surface area contributed by atoms with Crippen LogP contribution in [0.2, 0.25) is 0 Å². The van der Waals surface area contributed by atoms with Crippen LogP contribution in [0.5, 0.6) is 11.5 Å². The van der Waals surface area contributed by atoms with Crippen molar-refractivity contribution in [1.82, 2.24) is 0 Å². The highest BCUT2D eigenvalue weighted by Gasteiger charge is 2.33. The maximum Gasteiger partial charge on any atom is 0.573 e. The number of hydrogen-bond donors (Lipinski definition) is 1. The van der Waals surface area contributed by atoms with Crippen LogP contribution in [0.3, 0.4) is 0 Å². The van der Waals surface area contributed by atoms with Crippen LogP contribution in [0.15, 0.2) is 18.2 Å². The molecule has 0 heterocycles. The summed E-state index contributed by atoms with van der Waals surface area (Å²) in [5, 5.41) is 0. The number of benzene rings is 1. The van der Waals surface area contributed by atoms with Crippen molar-refractivity contribution in [3.05, 3.63) is 23.8 Å². The molecule has 1 aromatic rings. The third kappa shape index (κ3) is 4.43. The van der Waals surface area contributed by atoms with E-state index in [1.54, 1.807) is 0 Å². The number of halogens is 5. The summed E-state index contributed by atoms with van der Waals surface area (Å²) in [5.74, 6) is -1.55.